The number of amides is 1. The summed E-state index contributed by atoms with van der Waals surface area (Å²) in [5.74, 6) is 2.02. The van der Waals surface area contributed by atoms with Crippen LogP contribution in [0.3, 0.4) is 0 Å². The van der Waals surface area contributed by atoms with Crippen LogP contribution in [-0.4, -0.2) is 53.0 Å². The molecule has 0 radical (unpaired) electrons. The van der Waals surface area contributed by atoms with E-state index in [9.17, 15) is 4.79 Å². The van der Waals surface area contributed by atoms with Crippen molar-refractivity contribution in [1.29, 1.82) is 0 Å². The van der Waals surface area contributed by atoms with Gasteiger partial charge in [-0.05, 0) is 26.0 Å². The smallest absolute Gasteiger partial charge is 0.241 e. The zero-order chi connectivity index (χ0) is 21.1. The van der Waals surface area contributed by atoms with Crippen molar-refractivity contribution in [2.45, 2.75) is 39.7 Å². The fourth-order valence-corrected chi connectivity index (χ4v) is 3.68. The molecule has 1 aromatic heterocycles. The van der Waals surface area contributed by atoms with Crippen molar-refractivity contribution < 1.29 is 4.79 Å². The molecular formula is C21H27Cl2N5O. The van der Waals surface area contributed by atoms with E-state index < -0.39 is 0 Å². The zero-order valence-corrected chi connectivity index (χ0v) is 18.8. The number of carbonyl (C=O) groups excluding carboxylic acids is 1. The number of halogens is 2. The molecule has 29 heavy (non-hydrogen) atoms. The van der Waals surface area contributed by atoms with Gasteiger partial charge in [0.15, 0.2) is 0 Å². The molecule has 0 bridgehead atoms. The molecule has 1 aliphatic heterocycles. The van der Waals surface area contributed by atoms with Gasteiger partial charge in [0.05, 0.1) is 21.8 Å². The first-order valence-corrected chi connectivity index (χ1v) is 10.6. The van der Waals surface area contributed by atoms with Crippen molar-refractivity contribution in [2.75, 3.05) is 36.4 Å². The number of piperazine rings is 1. The van der Waals surface area contributed by atoms with Gasteiger partial charge in [0, 0.05) is 43.9 Å². The number of benzene rings is 1. The molecule has 1 unspecified atom stereocenters. The molecule has 1 aromatic carbocycles. The zero-order valence-electron chi connectivity index (χ0n) is 17.2. The third-order valence-corrected chi connectivity index (χ3v) is 5.97. The van der Waals surface area contributed by atoms with Gasteiger partial charge in [0.2, 0.25) is 5.91 Å². The summed E-state index contributed by atoms with van der Waals surface area (Å²) < 4.78 is 0. The molecule has 1 aliphatic rings. The van der Waals surface area contributed by atoms with Crippen LogP contribution in [0, 0.1) is 6.92 Å². The number of nitrogens with one attached hydrogen (secondary N) is 1. The second-order valence-electron chi connectivity index (χ2n) is 7.67. The first-order chi connectivity index (χ1) is 13.8. The third-order valence-electron chi connectivity index (χ3n) is 5.15. The molecule has 1 fully saturated rings. The lowest BCUT2D eigenvalue weighted by atomic mass is 10.2. The van der Waals surface area contributed by atoms with Crippen LogP contribution < -0.4 is 10.2 Å². The Labute approximate surface area is 182 Å². The third kappa shape index (κ3) is 5.18. The Morgan fingerprint density at radius 2 is 1.79 bits per heavy atom. The summed E-state index contributed by atoms with van der Waals surface area (Å²) in [6, 6.07) is 6.97. The number of hydrogen-bond acceptors (Lipinski definition) is 5. The number of anilines is 2. The highest BCUT2D eigenvalue weighted by Crippen LogP contribution is 2.29. The molecular weight excluding hydrogens is 409 g/mol. The molecule has 1 N–H and O–H groups in total. The van der Waals surface area contributed by atoms with Crippen molar-refractivity contribution in [3.63, 3.8) is 0 Å². The van der Waals surface area contributed by atoms with E-state index in [0.717, 1.165) is 43.5 Å². The molecule has 0 saturated carbocycles. The maximum atomic E-state index is 12.7. The van der Waals surface area contributed by atoms with Crippen molar-refractivity contribution in [1.82, 2.24) is 14.9 Å². The van der Waals surface area contributed by atoms with Gasteiger partial charge in [-0.1, -0.05) is 43.1 Å². The Balaban J connectivity index is 1.61. The quantitative estimate of drug-likeness (QED) is 0.755. The summed E-state index contributed by atoms with van der Waals surface area (Å²) in [6.07, 6.45) is 0. The predicted octanol–water partition coefficient (Wildman–Crippen LogP) is 4.36. The number of aromatic nitrogens is 2. The highest BCUT2D eigenvalue weighted by Gasteiger charge is 2.27. The Hall–Kier alpha value is -1.89. The molecule has 0 aliphatic carbocycles. The topological polar surface area (TPSA) is 61.4 Å². The minimum Gasteiger partial charge on any atom is -0.354 e. The van der Waals surface area contributed by atoms with Crippen molar-refractivity contribution >= 4 is 40.6 Å². The lowest BCUT2D eigenvalue weighted by molar-refractivity contribution is -0.120. The van der Waals surface area contributed by atoms with Gasteiger partial charge < -0.3 is 10.2 Å². The number of hydrogen-bond donors (Lipinski definition) is 1. The standard InChI is InChI=1S/C21H27Cl2N5O/c1-13(2)20-24-14(3)12-18(26-20)28-10-8-27(9-11-28)15(4)21(29)25-17-7-5-6-16(22)19(17)23/h5-7,12-13,15H,8-11H2,1-4H3,(H,25,29). The number of carbonyl (C=O) groups is 1. The van der Waals surface area contributed by atoms with Gasteiger partial charge in [0.25, 0.3) is 0 Å². The molecule has 156 valence electrons. The molecule has 8 heteroatoms. The maximum Gasteiger partial charge on any atom is 0.241 e. The Bertz CT molecular complexity index is 881. The summed E-state index contributed by atoms with van der Waals surface area (Å²) in [7, 11) is 0. The predicted molar refractivity (Wildman–Crippen MR) is 119 cm³/mol. The fourth-order valence-electron chi connectivity index (χ4n) is 3.34. The molecule has 2 aromatic rings. The van der Waals surface area contributed by atoms with Crippen LogP contribution in [0.1, 0.15) is 38.2 Å². The van der Waals surface area contributed by atoms with Crippen LogP contribution in [0.25, 0.3) is 0 Å². The van der Waals surface area contributed by atoms with Crippen LogP contribution in [0.4, 0.5) is 11.5 Å². The van der Waals surface area contributed by atoms with E-state index in [1.54, 1.807) is 18.2 Å². The normalized spacial score (nSPS) is 16.2. The van der Waals surface area contributed by atoms with Crippen LogP contribution >= 0.6 is 23.2 Å². The number of rotatable bonds is 5. The SMILES string of the molecule is Cc1cc(N2CCN(C(C)C(=O)Nc3cccc(Cl)c3Cl)CC2)nc(C(C)C)n1. The summed E-state index contributed by atoms with van der Waals surface area (Å²) in [4.78, 5) is 26.4. The molecule has 0 spiro atoms. The van der Waals surface area contributed by atoms with Crippen LogP contribution in [-0.2, 0) is 4.79 Å². The average molecular weight is 436 g/mol. The highest BCUT2D eigenvalue weighted by atomic mass is 35.5. The van der Waals surface area contributed by atoms with Gasteiger partial charge in [0.1, 0.15) is 11.6 Å². The fraction of sp³-hybridized carbons (Fsp3) is 0.476. The van der Waals surface area contributed by atoms with E-state index in [4.69, 9.17) is 28.2 Å². The van der Waals surface area contributed by atoms with Crippen LogP contribution in [0.2, 0.25) is 10.0 Å². The first-order valence-electron chi connectivity index (χ1n) is 9.85. The Morgan fingerprint density at radius 3 is 2.45 bits per heavy atom. The van der Waals surface area contributed by atoms with Crippen molar-refractivity contribution in [3.8, 4) is 0 Å². The maximum absolute atomic E-state index is 12.7. The van der Waals surface area contributed by atoms with E-state index in [0.29, 0.717) is 15.7 Å². The summed E-state index contributed by atoms with van der Waals surface area (Å²) in [5.41, 5.74) is 1.51. The van der Waals surface area contributed by atoms with E-state index in [2.05, 4.69) is 33.9 Å². The van der Waals surface area contributed by atoms with Gasteiger partial charge in [-0.2, -0.15) is 0 Å². The van der Waals surface area contributed by atoms with Gasteiger partial charge in [-0.25, -0.2) is 9.97 Å². The number of nitrogens with zero attached hydrogens (tertiary/aromatic N) is 4. The molecule has 6 nitrogen and oxygen atoms in total. The van der Waals surface area contributed by atoms with Gasteiger partial charge >= 0.3 is 0 Å². The molecule has 3 rings (SSSR count). The molecule has 2 heterocycles. The van der Waals surface area contributed by atoms with Crippen molar-refractivity contribution in [2.24, 2.45) is 0 Å². The van der Waals surface area contributed by atoms with E-state index in [-0.39, 0.29) is 17.9 Å². The second-order valence-corrected chi connectivity index (χ2v) is 8.46. The second kappa shape index (κ2) is 9.28. The molecule has 1 saturated heterocycles. The van der Waals surface area contributed by atoms with E-state index in [1.165, 1.54) is 0 Å². The molecule has 1 amide bonds. The van der Waals surface area contributed by atoms with Crippen LogP contribution in [0.15, 0.2) is 24.3 Å². The van der Waals surface area contributed by atoms with E-state index in [1.807, 2.05) is 19.9 Å². The Kier molecular flexibility index (Phi) is 6.98. The molecule has 1 atom stereocenters. The highest BCUT2D eigenvalue weighted by molar-refractivity contribution is 6.44. The van der Waals surface area contributed by atoms with Gasteiger partial charge in [-0.15, -0.1) is 0 Å². The summed E-state index contributed by atoms with van der Waals surface area (Å²) >= 11 is 12.2. The van der Waals surface area contributed by atoms with Gasteiger partial charge in [-0.3, -0.25) is 9.69 Å². The minimum atomic E-state index is -0.273. The number of aryl methyl sites for hydroxylation is 1. The first kappa shape index (κ1) is 21.8. The Morgan fingerprint density at radius 1 is 1.10 bits per heavy atom. The largest absolute Gasteiger partial charge is 0.354 e. The monoisotopic (exact) mass is 435 g/mol. The summed E-state index contributed by atoms with van der Waals surface area (Å²) in [5, 5.41) is 3.67. The van der Waals surface area contributed by atoms with Crippen LogP contribution in [0.5, 0.6) is 0 Å². The average Bonchev–Trinajstić information content (AvgIpc) is 2.70. The van der Waals surface area contributed by atoms with E-state index >= 15 is 0 Å². The lowest BCUT2D eigenvalue weighted by Crippen LogP contribution is -2.53. The lowest BCUT2D eigenvalue weighted by Gasteiger charge is -2.38. The summed E-state index contributed by atoms with van der Waals surface area (Å²) in [6.45, 7) is 11.3. The van der Waals surface area contributed by atoms with Crippen molar-refractivity contribution in [3.05, 3.63) is 45.8 Å². The minimum absolute atomic E-state index is 0.0948.